The van der Waals surface area contributed by atoms with Gasteiger partial charge in [0.1, 0.15) is 11.6 Å². The zero-order valence-corrected chi connectivity index (χ0v) is 12.4. The van der Waals surface area contributed by atoms with Gasteiger partial charge in [-0.2, -0.15) is 0 Å². The number of piperidine rings is 1. The maximum Gasteiger partial charge on any atom is 0.224 e. The Labute approximate surface area is 128 Å². The maximum atomic E-state index is 13.5. The van der Waals surface area contributed by atoms with Crippen LogP contribution in [0.4, 0.5) is 8.78 Å². The van der Waals surface area contributed by atoms with Crippen molar-refractivity contribution in [1.82, 2.24) is 10.6 Å². The Morgan fingerprint density at radius 1 is 1.19 bits per heavy atom. The van der Waals surface area contributed by atoms with Crippen LogP contribution in [0, 0.1) is 11.6 Å². The van der Waals surface area contributed by atoms with E-state index in [9.17, 15) is 13.6 Å². The highest BCUT2D eigenvalue weighted by Crippen LogP contribution is 2.26. The Kier molecular flexibility index (Phi) is 5.17. The molecule has 116 valence electrons. The number of hydrogen-bond donors (Lipinski definition) is 2. The number of nitrogens with one attached hydrogen (secondary N) is 2. The zero-order chi connectivity index (χ0) is 14.1. The van der Waals surface area contributed by atoms with Crippen molar-refractivity contribution in [3.63, 3.8) is 0 Å². The third-order valence-corrected chi connectivity index (χ3v) is 4.24. The van der Waals surface area contributed by atoms with Crippen molar-refractivity contribution in [3.8, 4) is 0 Å². The lowest BCUT2D eigenvalue weighted by Gasteiger charge is -2.29. The monoisotopic (exact) mass is 316 g/mol. The van der Waals surface area contributed by atoms with Crippen LogP contribution in [-0.4, -0.2) is 24.0 Å². The molecule has 0 spiro atoms. The summed E-state index contributed by atoms with van der Waals surface area (Å²) in [6.07, 6.45) is 3.87. The fourth-order valence-electron chi connectivity index (χ4n) is 3.32. The fourth-order valence-corrected chi connectivity index (χ4v) is 3.32. The molecular weight excluding hydrogens is 298 g/mol. The van der Waals surface area contributed by atoms with Crippen molar-refractivity contribution in [1.29, 1.82) is 0 Å². The van der Waals surface area contributed by atoms with E-state index in [2.05, 4.69) is 10.6 Å². The van der Waals surface area contributed by atoms with E-state index in [4.69, 9.17) is 0 Å². The van der Waals surface area contributed by atoms with Gasteiger partial charge in [-0.25, -0.2) is 8.78 Å². The molecule has 21 heavy (non-hydrogen) atoms. The third kappa shape index (κ3) is 3.71. The molecule has 0 aliphatic carbocycles. The minimum atomic E-state index is -0.662. The topological polar surface area (TPSA) is 41.1 Å². The molecule has 2 N–H and O–H groups in total. The van der Waals surface area contributed by atoms with Crippen molar-refractivity contribution < 1.29 is 13.6 Å². The van der Waals surface area contributed by atoms with E-state index in [0.717, 1.165) is 25.7 Å². The zero-order valence-electron chi connectivity index (χ0n) is 11.6. The van der Waals surface area contributed by atoms with Crippen LogP contribution in [0.3, 0.4) is 0 Å². The van der Waals surface area contributed by atoms with E-state index < -0.39 is 11.6 Å². The Hall–Kier alpha value is -1.20. The van der Waals surface area contributed by atoms with E-state index >= 15 is 0 Å². The van der Waals surface area contributed by atoms with Gasteiger partial charge in [0, 0.05) is 23.7 Å². The molecule has 3 nitrogen and oxygen atoms in total. The van der Waals surface area contributed by atoms with Crippen molar-refractivity contribution in [2.75, 3.05) is 0 Å². The smallest absolute Gasteiger partial charge is 0.224 e. The first-order chi connectivity index (χ1) is 9.61. The van der Waals surface area contributed by atoms with Gasteiger partial charge in [0.25, 0.3) is 0 Å². The summed E-state index contributed by atoms with van der Waals surface area (Å²) in [4.78, 5) is 12.0. The van der Waals surface area contributed by atoms with E-state index in [-0.39, 0.29) is 36.3 Å². The molecule has 6 heteroatoms. The molecule has 2 saturated heterocycles. The second kappa shape index (κ2) is 6.71. The number of fused-ring (bicyclic) bond motifs is 2. The summed E-state index contributed by atoms with van der Waals surface area (Å²) in [5.41, 5.74) is -0.151. The molecule has 2 atom stereocenters. The Bertz CT molecular complexity index is 494. The van der Waals surface area contributed by atoms with Gasteiger partial charge in [-0.05, 0) is 37.8 Å². The summed E-state index contributed by atoms with van der Waals surface area (Å²) in [6, 6.07) is 4.73. The molecule has 0 saturated carbocycles. The standard InChI is InChI=1S/C15H18F2N2O.ClH/c16-13-2-1-3-14(17)12(13)8-15(20)19-11-6-9-4-5-10(7-11)18-9;/h1-3,9-11,18H,4-8H2,(H,19,20);1H. The first kappa shape index (κ1) is 16.2. The lowest BCUT2D eigenvalue weighted by molar-refractivity contribution is -0.121. The number of halogens is 3. The molecule has 2 fully saturated rings. The minimum absolute atomic E-state index is 0. The molecule has 1 aromatic carbocycles. The third-order valence-electron chi connectivity index (χ3n) is 4.24. The summed E-state index contributed by atoms with van der Waals surface area (Å²) in [5, 5.41) is 6.40. The van der Waals surface area contributed by atoms with Gasteiger partial charge in [-0.3, -0.25) is 4.79 Å². The van der Waals surface area contributed by atoms with E-state index in [1.807, 2.05) is 0 Å². The highest BCUT2D eigenvalue weighted by molar-refractivity contribution is 5.85. The number of rotatable bonds is 3. The van der Waals surface area contributed by atoms with Crippen molar-refractivity contribution >= 4 is 18.3 Å². The van der Waals surface area contributed by atoms with Gasteiger partial charge >= 0.3 is 0 Å². The number of benzene rings is 1. The second-order valence-electron chi connectivity index (χ2n) is 5.75. The van der Waals surface area contributed by atoms with E-state index in [0.29, 0.717) is 12.1 Å². The SMILES string of the molecule is Cl.O=C(Cc1c(F)cccc1F)NC1CC2CCC(C1)N2. The number of carbonyl (C=O) groups excluding carboxylic acids is 1. The maximum absolute atomic E-state index is 13.5. The molecule has 2 aliphatic heterocycles. The second-order valence-corrected chi connectivity index (χ2v) is 5.75. The average Bonchev–Trinajstić information content (AvgIpc) is 2.73. The van der Waals surface area contributed by atoms with Gasteiger partial charge in [-0.1, -0.05) is 6.07 Å². The van der Waals surface area contributed by atoms with Crippen LogP contribution in [0.25, 0.3) is 0 Å². The molecule has 1 amide bonds. The fraction of sp³-hybridized carbons (Fsp3) is 0.533. The van der Waals surface area contributed by atoms with Gasteiger partial charge in [0.05, 0.1) is 6.42 Å². The Morgan fingerprint density at radius 2 is 1.76 bits per heavy atom. The van der Waals surface area contributed by atoms with Crippen LogP contribution in [0.5, 0.6) is 0 Å². The van der Waals surface area contributed by atoms with Gasteiger partial charge in [0.15, 0.2) is 0 Å². The number of carbonyl (C=O) groups is 1. The summed E-state index contributed by atoms with van der Waals surface area (Å²) in [7, 11) is 0. The molecule has 0 radical (unpaired) electrons. The van der Waals surface area contributed by atoms with Crippen LogP contribution in [0.2, 0.25) is 0 Å². The van der Waals surface area contributed by atoms with Crippen molar-refractivity contribution in [2.24, 2.45) is 0 Å². The highest BCUT2D eigenvalue weighted by atomic mass is 35.5. The molecule has 2 bridgehead atoms. The Balaban J connectivity index is 0.00000161. The molecule has 2 unspecified atom stereocenters. The van der Waals surface area contributed by atoms with Crippen LogP contribution in [-0.2, 0) is 11.2 Å². The van der Waals surface area contributed by atoms with E-state index in [1.54, 1.807) is 0 Å². The first-order valence-electron chi connectivity index (χ1n) is 7.10. The molecule has 0 aromatic heterocycles. The Morgan fingerprint density at radius 3 is 2.33 bits per heavy atom. The van der Waals surface area contributed by atoms with Crippen LogP contribution in [0.1, 0.15) is 31.2 Å². The summed E-state index contributed by atoms with van der Waals surface area (Å²) < 4.78 is 27.0. The molecular formula is C15H19ClF2N2O. The molecule has 2 aliphatic rings. The van der Waals surface area contributed by atoms with Crippen molar-refractivity contribution in [3.05, 3.63) is 35.4 Å². The largest absolute Gasteiger partial charge is 0.353 e. The predicted molar refractivity (Wildman–Crippen MR) is 78.4 cm³/mol. The van der Waals surface area contributed by atoms with Crippen LogP contribution < -0.4 is 10.6 Å². The highest BCUT2D eigenvalue weighted by Gasteiger charge is 2.34. The summed E-state index contributed by atoms with van der Waals surface area (Å²) >= 11 is 0. The van der Waals surface area contributed by atoms with Crippen LogP contribution >= 0.6 is 12.4 Å². The van der Waals surface area contributed by atoms with Crippen LogP contribution in [0.15, 0.2) is 18.2 Å². The van der Waals surface area contributed by atoms with Gasteiger partial charge in [-0.15, -0.1) is 12.4 Å². The lowest BCUT2D eigenvalue weighted by Crippen LogP contribution is -2.48. The number of amides is 1. The number of hydrogen-bond acceptors (Lipinski definition) is 2. The van der Waals surface area contributed by atoms with Gasteiger partial charge in [0.2, 0.25) is 5.91 Å². The normalized spacial score (nSPS) is 27.0. The summed E-state index contributed by atoms with van der Waals surface area (Å²) in [5.74, 6) is -1.63. The summed E-state index contributed by atoms with van der Waals surface area (Å²) in [6.45, 7) is 0. The van der Waals surface area contributed by atoms with Gasteiger partial charge < -0.3 is 10.6 Å². The molecule has 1 aromatic rings. The lowest BCUT2D eigenvalue weighted by atomic mass is 9.99. The molecule has 2 heterocycles. The molecule has 3 rings (SSSR count). The predicted octanol–water partition coefficient (Wildman–Crippen LogP) is 2.33. The quantitative estimate of drug-likeness (QED) is 0.898. The minimum Gasteiger partial charge on any atom is -0.353 e. The van der Waals surface area contributed by atoms with E-state index in [1.165, 1.54) is 18.2 Å². The first-order valence-corrected chi connectivity index (χ1v) is 7.10. The average molecular weight is 317 g/mol. The van der Waals surface area contributed by atoms with Crippen molar-refractivity contribution in [2.45, 2.75) is 50.2 Å².